The van der Waals surface area contributed by atoms with Crippen molar-refractivity contribution in [3.05, 3.63) is 29.8 Å². The van der Waals surface area contributed by atoms with E-state index in [-0.39, 0.29) is 15.9 Å². The summed E-state index contributed by atoms with van der Waals surface area (Å²) >= 11 is 4.87. The molecule has 118 valence electrons. The Balaban J connectivity index is 3.12. The number of sulfonamides is 1. The summed E-state index contributed by atoms with van der Waals surface area (Å²) in [6, 6.07) is 6.22. The zero-order valence-corrected chi connectivity index (χ0v) is 14.2. The third kappa shape index (κ3) is 4.47. The van der Waals surface area contributed by atoms with Crippen LogP contribution in [0.1, 0.15) is 25.8 Å². The minimum atomic E-state index is -3.56. The predicted molar refractivity (Wildman–Crippen MR) is 87.9 cm³/mol. The highest BCUT2D eigenvalue weighted by Gasteiger charge is 2.27. The van der Waals surface area contributed by atoms with Gasteiger partial charge in [0.05, 0.1) is 11.5 Å². The summed E-state index contributed by atoms with van der Waals surface area (Å²) in [5.74, 6) is 0. The van der Waals surface area contributed by atoms with Crippen LogP contribution in [0.15, 0.2) is 29.2 Å². The van der Waals surface area contributed by atoms with Gasteiger partial charge in [-0.15, -0.1) is 0 Å². The SMILES string of the molecule is CCC(C)N(CCOC)S(=O)(=O)c1ccc(C(N)=S)cc1. The standard InChI is InChI=1S/C14H22N2O3S2/c1-4-11(2)16(9-10-19-3)21(17,18)13-7-5-12(6-8-13)14(15)20/h5-8,11H,4,9-10H2,1-3H3,(H2,15,20). The van der Waals surface area contributed by atoms with Gasteiger partial charge < -0.3 is 10.5 Å². The number of hydrogen-bond acceptors (Lipinski definition) is 4. The monoisotopic (exact) mass is 330 g/mol. The molecular formula is C14H22N2O3S2. The number of hydrogen-bond donors (Lipinski definition) is 1. The number of benzene rings is 1. The second-order valence-electron chi connectivity index (χ2n) is 4.75. The minimum Gasteiger partial charge on any atom is -0.389 e. The lowest BCUT2D eigenvalue weighted by Crippen LogP contribution is -2.40. The summed E-state index contributed by atoms with van der Waals surface area (Å²) in [4.78, 5) is 0.482. The Morgan fingerprint density at radius 1 is 1.38 bits per heavy atom. The molecule has 0 radical (unpaired) electrons. The van der Waals surface area contributed by atoms with E-state index in [1.54, 1.807) is 19.2 Å². The Morgan fingerprint density at radius 3 is 2.38 bits per heavy atom. The van der Waals surface area contributed by atoms with Gasteiger partial charge in [-0.3, -0.25) is 0 Å². The largest absolute Gasteiger partial charge is 0.389 e. The van der Waals surface area contributed by atoms with Crippen molar-refractivity contribution in [2.24, 2.45) is 5.73 Å². The number of nitrogens with two attached hydrogens (primary N) is 1. The third-order valence-electron chi connectivity index (χ3n) is 3.34. The van der Waals surface area contributed by atoms with Gasteiger partial charge in [-0.05, 0) is 25.5 Å². The first kappa shape index (κ1) is 18.0. The van der Waals surface area contributed by atoms with E-state index in [9.17, 15) is 8.42 Å². The zero-order valence-electron chi connectivity index (χ0n) is 12.6. The van der Waals surface area contributed by atoms with Crippen LogP contribution in [-0.4, -0.2) is 44.0 Å². The van der Waals surface area contributed by atoms with E-state index in [4.69, 9.17) is 22.7 Å². The summed E-state index contributed by atoms with van der Waals surface area (Å²) in [5.41, 5.74) is 6.17. The Bertz CT molecular complexity index is 570. The van der Waals surface area contributed by atoms with Gasteiger partial charge in [0.15, 0.2) is 0 Å². The Labute approximate surface area is 132 Å². The van der Waals surface area contributed by atoms with Crippen LogP contribution in [0, 0.1) is 0 Å². The molecule has 1 atom stereocenters. The predicted octanol–water partition coefficient (Wildman–Crippen LogP) is 1.76. The molecule has 0 heterocycles. The smallest absolute Gasteiger partial charge is 0.243 e. The van der Waals surface area contributed by atoms with Gasteiger partial charge in [-0.1, -0.05) is 31.3 Å². The second kappa shape index (κ2) is 7.84. The maximum absolute atomic E-state index is 12.7. The van der Waals surface area contributed by atoms with E-state index < -0.39 is 10.0 Å². The molecule has 0 saturated heterocycles. The number of methoxy groups -OCH3 is 1. The summed E-state index contributed by atoms with van der Waals surface area (Å²) < 4.78 is 31.9. The van der Waals surface area contributed by atoms with Gasteiger partial charge in [0.25, 0.3) is 0 Å². The molecule has 1 aromatic rings. The van der Waals surface area contributed by atoms with Crippen molar-refractivity contribution in [3.8, 4) is 0 Å². The third-order valence-corrected chi connectivity index (χ3v) is 5.61. The molecule has 0 amide bonds. The summed E-state index contributed by atoms with van der Waals surface area (Å²) in [6.07, 6.45) is 0.730. The van der Waals surface area contributed by atoms with Crippen molar-refractivity contribution in [3.63, 3.8) is 0 Å². The highest BCUT2D eigenvalue weighted by molar-refractivity contribution is 7.89. The number of ether oxygens (including phenoxy) is 1. The van der Waals surface area contributed by atoms with Crippen molar-refractivity contribution in [1.29, 1.82) is 0 Å². The molecule has 0 bridgehead atoms. The van der Waals surface area contributed by atoms with Gasteiger partial charge in [0.2, 0.25) is 10.0 Å². The Hall–Kier alpha value is -1.02. The van der Waals surface area contributed by atoms with Gasteiger partial charge in [0.1, 0.15) is 4.99 Å². The first-order valence-electron chi connectivity index (χ1n) is 6.75. The van der Waals surface area contributed by atoms with Crippen LogP contribution in [0.25, 0.3) is 0 Å². The maximum Gasteiger partial charge on any atom is 0.243 e. The summed E-state index contributed by atoms with van der Waals surface area (Å²) in [6.45, 7) is 4.52. The van der Waals surface area contributed by atoms with Crippen molar-refractivity contribution in [1.82, 2.24) is 4.31 Å². The quantitative estimate of drug-likeness (QED) is 0.735. The topological polar surface area (TPSA) is 72.6 Å². The van der Waals surface area contributed by atoms with E-state index in [1.807, 2.05) is 13.8 Å². The number of rotatable bonds is 8. The van der Waals surface area contributed by atoms with Crippen LogP contribution in [0.2, 0.25) is 0 Å². The zero-order chi connectivity index (χ0) is 16.0. The first-order chi connectivity index (χ1) is 9.84. The molecule has 21 heavy (non-hydrogen) atoms. The van der Waals surface area contributed by atoms with Gasteiger partial charge in [-0.2, -0.15) is 4.31 Å². The molecule has 0 aromatic heterocycles. The minimum absolute atomic E-state index is 0.0968. The molecule has 0 saturated carbocycles. The fourth-order valence-electron chi connectivity index (χ4n) is 1.89. The number of nitrogens with zero attached hydrogens (tertiary/aromatic N) is 1. The first-order valence-corrected chi connectivity index (χ1v) is 8.60. The van der Waals surface area contributed by atoms with E-state index in [0.717, 1.165) is 6.42 Å². The fourth-order valence-corrected chi connectivity index (χ4v) is 3.71. The lowest BCUT2D eigenvalue weighted by Gasteiger charge is -2.27. The van der Waals surface area contributed by atoms with Crippen molar-refractivity contribution < 1.29 is 13.2 Å². The molecule has 0 fully saturated rings. The van der Waals surface area contributed by atoms with Crippen molar-refractivity contribution >= 4 is 27.2 Å². The highest BCUT2D eigenvalue weighted by Crippen LogP contribution is 2.20. The lowest BCUT2D eigenvalue weighted by atomic mass is 10.2. The molecule has 1 rings (SSSR count). The molecule has 2 N–H and O–H groups in total. The summed E-state index contributed by atoms with van der Waals surface area (Å²) in [5, 5.41) is 0. The van der Waals surface area contributed by atoms with Crippen molar-refractivity contribution in [2.75, 3.05) is 20.3 Å². The fraction of sp³-hybridized carbons (Fsp3) is 0.500. The normalized spacial score (nSPS) is 13.3. The molecule has 7 heteroatoms. The van der Waals surface area contributed by atoms with Gasteiger partial charge >= 0.3 is 0 Å². The average molecular weight is 330 g/mol. The molecular weight excluding hydrogens is 308 g/mol. The van der Waals surface area contributed by atoms with E-state index in [2.05, 4.69) is 0 Å². The Kier molecular flexibility index (Phi) is 6.73. The van der Waals surface area contributed by atoms with Crippen LogP contribution in [-0.2, 0) is 14.8 Å². The van der Waals surface area contributed by atoms with E-state index in [1.165, 1.54) is 16.4 Å². The summed E-state index contributed by atoms with van der Waals surface area (Å²) in [7, 11) is -2.00. The maximum atomic E-state index is 12.7. The highest BCUT2D eigenvalue weighted by atomic mass is 32.2. The lowest BCUT2D eigenvalue weighted by molar-refractivity contribution is 0.167. The van der Waals surface area contributed by atoms with Crippen LogP contribution in [0.4, 0.5) is 0 Å². The molecule has 0 aliphatic rings. The molecule has 1 unspecified atom stereocenters. The number of thiocarbonyl (C=S) groups is 1. The average Bonchev–Trinajstić information content (AvgIpc) is 2.47. The Morgan fingerprint density at radius 2 is 1.95 bits per heavy atom. The molecule has 0 aliphatic carbocycles. The van der Waals surface area contributed by atoms with Gasteiger partial charge in [0, 0.05) is 25.3 Å². The van der Waals surface area contributed by atoms with Crippen molar-refractivity contribution in [2.45, 2.75) is 31.2 Å². The molecule has 0 aliphatic heterocycles. The van der Waals surface area contributed by atoms with E-state index >= 15 is 0 Å². The van der Waals surface area contributed by atoms with E-state index in [0.29, 0.717) is 18.7 Å². The molecule has 0 spiro atoms. The second-order valence-corrected chi connectivity index (χ2v) is 7.08. The van der Waals surface area contributed by atoms with Crippen LogP contribution < -0.4 is 5.73 Å². The van der Waals surface area contributed by atoms with Gasteiger partial charge in [-0.25, -0.2) is 8.42 Å². The molecule has 5 nitrogen and oxygen atoms in total. The van der Waals surface area contributed by atoms with Crippen LogP contribution in [0.3, 0.4) is 0 Å². The van der Waals surface area contributed by atoms with Crippen LogP contribution in [0.5, 0.6) is 0 Å². The molecule has 1 aromatic carbocycles. The van der Waals surface area contributed by atoms with Crippen LogP contribution >= 0.6 is 12.2 Å².